The van der Waals surface area contributed by atoms with E-state index in [9.17, 15) is 4.79 Å². The second-order valence-electron chi connectivity index (χ2n) is 6.61. The maximum Gasteiger partial charge on any atom is 0.243 e. The molecule has 0 fully saturated rings. The lowest BCUT2D eigenvalue weighted by molar-refractivity contribution is -0.114. The van der Waals surface area contributed by atoms with Gasteiger partial charge in [-0.25, -0.2) is 0 Å². The van der Waals surface area contributed by atoms with E-state index >= 15 is 0 Å². The number of hydrogen-bond donors (Lipinski definition) is 1. The lowest BCUT2D eigenvalue weighted by Crippen LogP contribution is -2.30. The maximum absolute atomic E-state index is 12.5. The zero-order valence-corrected chi connectivity index (χ0v) is 16.4. The number of nitrogens with zero attached hydrogens (tertiary/aromatic N) is 4. The third kappa shape index (κ3) is 3.39. The summed E-state index contributed by atoms with van der Waals surface area (Å²) in [4.78, 5) is 14.2. The van der Waals surface area contributed by atoms with Gasteiger partial charge in [0.25, 0.3) is 0 Å². The molecule has 0 aliphatic rings. The van der Waals surface area contributed by atoms with Crippen LogP contribution in [0.4, 0.5) is 11.5 Å². The molecule has 1 N–H and O–H groups in total. The minimum atomic E-state index is -0.127. The molecule has 4 rings (SSSR count). The number of carbonyl (C=O) groups excluding carboxylic acids is 1. The van der Waals surface area contributed by atoms with Crippen molar-refractivity contribution in [3.63, 3.8) is 0 Å². The number of fused-ring (bicyclic) bond motifs is 3. The summed E-state index contributed by atoms with van der Waals surface area (Å²) >= 11 is 5.76. The zero-order chi connectivity index (χ0) is 19.7. The number of para-hydroxylation sites is 1. The van der Waals surface area contributed by atoms with E-state index in [4.69, 9.17) is 11.6 Å². The number of rotatable bonds is 5. The molecule has 2 aromatic heterocycles. The van der Waals surface area contributed by atoms with Crippen molar-refractivity contribution in [1.29, 1.82) is 0 Å². The van der Waals surface area contributed by atoms with Crippen molar-refractivity contribution >= 4 is 50.8 Å². The first-order valence-corrected chi connectivity index (χ1v) is 9.46. The standard InChI is InChI=1S/C21H20ClN5O/c1-3-27-17-7-5-4-6-15(17)16-12-14(8-9-18(16)27)23-21(28)13-26(2)20-11-10-19(22)24-25-20/h4-12H,3,13H2,1-2H3,(H,23,28). The van der Waals surface area contributed by atoms with Gasteiger partial charge in [0.15, 0.2) is 11.0 Å². The molecule has 2 aromatic carbocycles. The first-order chi connectivity index (χ1) is 13.6. The second kappa shape index (κ2) is 7.48. The van der Waals surface area contributed by atoms with E-state index in [2.05, 4.69) is 45.2 Å². The largest absolute Gasteiger partial charge is 0.349 e. The van der Waals surface area contributed by atoms with E-state index in [1.807, 2.05) is 24.3 Å². The molecule has 0 aliphatic carbocycles. The fourth-order valence-corrected chi connectivity index (χ4v) is 3.58. The van der Waals surface area contributed by atoms with Crippen molar-refractivity contribution in [2.45, 2.75) is 13.5 Å². The summed E-state index contributed by atoms with van der Waals surface area (Å²) < 4.78 is 2.28. The average molecular weight is 394 g/mol. The Morgan fingerprint density at radius 2 is 1.86 bits per heavy atom. The van der Waals surface area contributed by atoms with Gasteiger partial charge >= 0.3 is 0 Å². The molecule has 4 aromatic rings. The summed E-state index contributed by atoms with van der Waals surface area (Å²) in [5.41, 5.74) is 3.13. The second-order valence-corrected chi connectivity index (χ2v) is 7.00. The molecule has 0 radical (unpaired) electrons. The molecule has 142 valence electrons. The van der Waals surface area contributed by atoms with Gasteiger partial charge in [-0.05, 0) is 43.3 Å². The summed E-state index contributed by atoms with van der Waals surface area (Å²) in [5.74, 6) is 0.457. The predicted molar refractivity (Wildman–Crippen MR) is 114 cm³/mol. The lowest BCUT2D eigenvalue weighted by atomic mass is 10.1. The Kier molecular flexibility index (Phi) is 4.88. The van der Waals surface area contributed by atoms with Gasteiger partial charge in [-0.1, -0.05) is 29.8 Å². The van der Waals surface area contributed by atoms with Crippen LogP contribution in [0.15, 0.2) is 54.6 Å². The van der Waals surface area contributed by atoms with Crippen LogP contribution < -0.4 is 10.2 Å². The molecule has 0 saturated heterocycles. The quantitative estimate of drug-likeness (QED) is 0.548. The minimum Gasteiger partial charge on any atom is -0.349 e. The van der Waals surface area contributed by atoms with E-state index in [1.54, 1.807) is 24.1 Å². The molecule has 28 heavy (non-hydrogen) atoms. The van der Waals surface area contributed by atoms with Crippen molar-refractivity contribution in [3.8, 4) is 0 Å². The number of benzene rings is 2. The molecular weight excluding hydrogens is 374 g/mol. The lowest BCUT2D eigenvalue weighted by Gasteiger charge is -2.17. The van der Waals surface area contributed by atoms with Crippen LogP contribution in [-0.2, 0) is 11.3 Å². The summed E-state index contributed by atoms with van der Waals surface area (Å²) in [6, 6.07) is 17.7. The van der Waals surface area contributed by atoms with E-state index in [0.717, 1.165) is 23.1 Å². The van der Waals surface area contributed by atoms with Crippen molar-refractivity contribution < 1.29 is 4.79 Å². The number of aryl methyl sites for hydroxylation is 1. The van der Waals surface area contributed by atoms with Gasteiger partial charge in [0, 0.05) is 41.1 Å². The van der Waals surface area contributed by atoms with E-state index in [0.29, 0.717) is 11.0 Å². The summed E-state index contributed by atoms with van der Waals surface area (Å²) in [7, 11) is 1.79. The molecule has 0 saturated carbocycles. The van der Waals surface area contributed by atoms with Crippen LogP contribution in [0.5, 0.6) is 0 Å². The Labute approximate surface area is 167 Å². The monoisotopic (exact) mass is 393 g/mol. The van der Waals surface area contributed by atoms with Crippen LogP contribution in [0.3, 0.4) is 0 Å². The predicted octanol–water partition coefficient (Wildman–Crippen LogP) is 4.33. The summed E-state index contributed by atoms with van der Waals surface area (Å²) in [5, 5.41) is 13.4. The van der Waals surface area contributed by atoms with E-state index in [1.165, 1.54) is 10.9 Å². The Morgan fingerprint density at radius 1 is 1.07 bits per heavy atom. The molecular formula is C21H20ClN5O. The van der Waals surface area contributed by atoms with Crippen LogP contribution in [0, 0.1) is 0 Å². The van der Waals surface area contributed by atoms with Gasteiger partial charge in [-0.2, -0.15) is 0 Å². The van der Waals surface area contributed by atoms with Crippen molar-refractivity contribution in [1.82, 2.24) is 14.8 Å². The van der Waals surface area contributed by atoms with E-state index < -0.39 is 0 Å². The van der Waals surface area contributed by atoms with Crippen LogP contribution in [0.2, 0.25) is 5.15 Å². The average Bonchev–Trinajstić information content (AvgIpc) is 3.01. The third-order valence-electron chi connectivity index (χ3n) is 4.76. The minimum absolute atomic E-state index is 0.127. The first kappa shape index (κ1) is 18.3. The third-order valence-corrected chi connectivity index (χ3v) is 4.96. The SMILES string of the molecule is CCn1c2ccccc2c2cc(NC(=O)CN(C)c3ccc(Cl)nn3)ccc21. The highest BCUT2D eigenvalue weighted by Gasteiger charge is 2.12. The molecule has 0 atom stereocenters. The number of halogens is 1. The highest BCUT2D eigenvalue weighted by Crippen LogP contribution is 2.30. The molecule has 0 aliphatic heterocycles. The van der Waals surface area contributed by atoms with Gasteiger partial charge < -0.3 is 14.8 Å². The smallest absolute Gasteiger partial charge is 0.243 e. The fourth-order valence-electron chi connectivity index (χ4n) is 3.48. The number of likely N-dealkylation sites (N-methyl/N-ethyl adjacent to an activating group) is 1. The molecule has 0 bridgehead atoms. The molecule has 6 nitrogen and oxygen atoms in total. The Morgan fingerprint density at radius 3 is 2.61 bits per heavy atom. The van der Waals surface area contributed by atoms with Crippen LogP contribution >= 0.6 is 11.6 Å². The zero-order valence-electron chi connectivity index (χ0n) is 15.7. The van der Waals surface area contributed by atoms with Crippen LogP contribution in [0.1, 0.15) is 6.92 Å². The number of hydrogen-bond acceptors (Lipinski definition) is 4. The summed E-state index contributed by atoms with van der Waals surface area (Å²) in [6.45, 7) is 3.19. The number of aromatic nitrogens is 3. The van der Waals surface area contributed by atoms with Crippen molar-refractivity contribution in [2.75, 3.05) is 23.8 Å². The Hall–Kier alpha value is -3.12. The molecule has 0 spiro atoms. The maximum atomic E-state index is 12.5. The van der Waals surface area contributed by atoms with Gasteiger partial charge in [0.1, 0.15) is 0 Å². The normalized spacial score (nSPS) is 11.1. The highest BCUT2D eigenvalue weighted by molar-refractivity contribution is 6.29. The molecule has 7 heteroatoms. The van der Waals surface area contributed by atoms with Gasteiger partial charge in [-0.15, -0.1) is 10.2 Å². The Balaban J connectivity index is 1.57. The van der Waals surface area contributed by atoms with Gasteiger partial charge in [-0.3, -0.25) is 4.79 Å². The number of nitrogens with one attached hydrogen (secondary N) is 1. The Bertz CT molecular complexity index is 1150. The van der Waals surface area contributed by atoms with E-state index in [-0.39, 0.29) is 12.5 Å². The number of carbonyl (C=O) groups is 1. The van der Waals surface area contributed by atoms with Crippen LogP contribution in [-0.4, -0.2) is 34.3 Å². The van der Waals surface area contributed by atoms with Gasteiger partial charge in [0.05, 0.1) is 6.54 Å². The first-order valence-electron chi connectivity index (χ1n) is 9.08. The van der Waals surface area contributed by atoms with Crippen LogP contribution in [0.25, 0.3) is 21.8 Å². The highest BCUT2D eigenvalue weighted by atomic mass is 35.5. The molecule has 0 unspecified atom stereocenters. The summed E-state index contributed by atoms with van der Waals surface area (Å²) in [6.07, 6.45) is 0. The van der Waals surface area contributed by atoms with Gasteiger partial charge in [0.2, 0.25) is 5.91 Å². The van der Waals surface area contributed by atoms with Crippen molar-refractivity contribution in [2.24, 2.45) is 0 Å². The topological polar surface area (TPSA) is 63.1 Å². The fraction of sp³-hybridized carbons (Fsp3) is 0.190. The molecule has 2 heterocycles. The molecule has 1 amide bonds. The number of anilines is 2. The number of amides is 1. The van der Waals surface area contributed by atoms with Crippen molar-refractivity contribution in [3.05, 3.63) is 59.8 Å².